The molecule has 35 heavy (non-hydrogen) atoms. The van der Waals surface area contributed by atoms with Gasteiger partial charge in [0.15, 0.2) is 5.83 Å². The highest BCUT2D eigenvalue weighted by molar-refractivity contribution is 5.97. The summed E-state index contributed by atoms with van der Waals surface area (Å²) >= 11 is 0. The van der Waals surface area contributed by atoms with Crippen LogP contribution in [-0.4, -0.2) is 65.5 Å². The molecule has 1 aliphatic heterocycles. The number of aliphatic hydroxyl groups excluding tert-OH is 1. The van der Waals surface area contributed by atoms with Crippen molar-refractivity contribution in [2.45, 2.75) is 25.6 Å². The Labute approximate surface area is 203 Å². The van der Waals surface area contributed by atoms with E-state index >= 15 is 0 Å². The van der Waals surface area contributed by atoms with Crippen molar-refractivity contribution >= 4 is 17.9 Å². The largest absolute Gasteiger partial charge is 0.391 e. The Hall–Kier alpha value is -3.55. The molecule has 2 amide bonds. The van der Waals surface area contributed by atoms with Crippen molar-refractivity contribution in [3.63, 3.8) is 0 Å². The van der Waals surface area contributed by atoms with Crippen molar-refractivity contribution in [2.24, 2.45) is 0 Å². The molecule has 4 N–H and O–H groups in total. The minimum absolute atomic E-state index is 0.208. The molecule has 2 aromatic carbocycles. The van der Waals surface area contributed by atoms with Gasteiger partial charge in [0, 0.05) is 30.8 Å². The third-order valence-electron chi connectivity index (χ3n) is 5.42. The zero-order valence-electron chi connectivity index (χ0n) is 19.3. The normalized spacial score (nSPS) is 15.9. The average Bonchev–Trinajstić information content (AvgIpc) is 2.87. The first-order valence-corrected chi connectivity index (χ1v) is 11.2. The third kappa shape index (κ3) is 8.02. The number of nitrogens with one attached hydrogen (secondary N) is 2. The van der Waals surface area contributed by atoms with E-state index in [-0.39, 0.29) is 5.56 Å². The van der Waals surface area contributed by atoms with Crippen LogP contribution >= 0.6 is 0 Å². The second-order valence-electron chi connectivity index (χ2n) is 8.12. The van der Waals surface area contributed by atoms with Gasteiger partial charge in [0.25, 0.3) is 11.8 Å². The predicted octanol–water partition coefficient (Wildman–Crippen LogP) is 1.87. The van der Waals surface area contributed by atoms with Crippen LogP contribution in [0.3, 0.4) is 0 Å². The van der Waals surface area contributed by atoms with Crippen LogP contribution in [0.15, 0.2) is 54.4 Å². The summed E-state index contributed by atoms with van der Waals surface area (Å²) in [6, 6.07) is 12.3. The minimum atomic E-state index is -1.32. The number of carbonyl (C=O) groups is 2. The third-order valence-corrected chi connectivity index (χ3v) is 5.42. The van der Waals surface area contributed by atoms with E-state index in [0.717, 1.165) is 38.4 Å². The molecule has 0 bridgehead atoms. The predicted molar refractivity (Wildman–Crippen MR) is 128 cm³/mol. The number of hydrogen-bond acceptors (Lipinski definition) is 6. The summed E-state index contributed by atoms with van der Waals surface area (Å²) in [7, 11) is 0. The summed E-state index contributed by atoms with van der Waals surface area (Å²) in [5.74, 6) is 3.00. The number of carbonyl (C=O) groups excluding carboxylic acids is 2. The molecule has 8 nitrogen and oxygen atoms in total. The topological polar surface area (TPSA) is 111 Å². The summed E-state index contributed by atoms with van der Waals surface area (Å²) in [6.07, 6.45) is 0.141. The molecule has 9 heteroatoms. The Morgan fingerprint density at radius 1 is 1.14 bits per heavy atom. The molecule has 0 spiro atoms. The summed E-state index contributed by atoms with van der Waals surface area (Å²) < 4.78 is 19.7. The fraction of sp³-hybridized carbons (Fsp3) is 0.308. The molecular weight excluding hydrogens is 453 g/mol. The Bertz CT molecular complexity index is 1100. The van der Waals surface area contributed by atoms with Gasteiger partial charge in [-0.05, 0) is 54.3 Å². The van der Waals surface area contributed by atoms with Gasteiger partial charge in [0.05, 0.1) is 19.3 Å². The van der Waals surface area contributed by atoms with E-state index in [4.69, 9.17) is 9.94 Å². The smallest absolute Gasteiger partial charge is 0.268 e. The highest BCUT2D eigenvalue weighted by atomic mass is 19.1. The maximum atomic E-state index is 14.3. The van der Waals surface area contributed by atoms with E-state index in [2.05, 4.69) is 22.1 Å². The van der Waals surface area contributed by atoms with Gasteiger partial charge in [0.1, 0.15) is 6.04 Å². The summed E-state index contributed by atoms with van der Waals surface area (Å²) in [5.41, 5.74) is 3.95. The molecule has 0 radical (unpaired) electrons. The molecule has 184 valence electrons. The first-order valence-electron chi connectivity index (χ1n) is 11.2. The van der Waals surface area contributed by atoms with Gasteiger partial charge in [-0.3, -0.25) is 19.7 Å². The van der Waals surface area contributed by atoms with E-state index in [1.165, 1.54) is 30.6 Å². The Balaban J connectivity index is 1.58. The minimum Gasteiger partial charge on any atom is -0.391 e. The monoisotopic (exact) mass is 481 g/mol. The van der Waals surface area contributed by atoms with Crippen LogP contribution in [0.25, 0.3) is 6.08 Å². The van der Waals surface area contributed by atoms with Gasteiger partial charge in [-0.25, -0.2) is 5.48 Å². The number of morpholine rings is 1. The lowest BCUT2D eigenvalue weighted by Gasteiger charge is -2.26. The van der Waals surface area contributed by atoms with Gasteiger partial charge < -0.3 is 15.2 Å². The molecule has 0 unspecified atom stereocenters. The van der Waals surface area contributed by atoms with Crippen LogP contribution in [0.4, 0.5) is 4.39 Å². The Morgan fingerprint density at radius 2 is 1.80 bits per heavy atom. The molecule has 1 heterocycles. The maximum absolute atomic E-state index is 14.3. The second kappa shape index (κ2) is 12.8. The molecular formula is C26H28FN3O5. The number of amides is 2. The van der Waals surface area contributed by atoms with Crippen molar-refractivity contribution < 1.29 is 29.0 Å². The maximum Gasteiger partial charge on any atom is 0.268 e. The highest BCUT2D eigenvalue weighted by Gasteiger charge is 2.25. The van der Waals surface area contributed by atoms with Gasteiger partial charge >= 0.3 is 0 Å². The number of hydroxylamine groups is 1. The number of aliphatic hydroxyl groups is 1. The van der Waals surface area contributed by atoms with Crippen molar-refractivity contribution in [1.29, 1.82) is 0 Å². The molecule has 0 aromatic heterocycles. The average molecular weight is 482 g/mol. The molecule has 3 rings (SSSR count). The standard InChI is InChI=1S/C26H28FN3O5/c1-18(31)24(26(33)29-34)28-25(32)22-9-6-19(7-10-22)8-11-23(27)16-20-2-4-21(5-3-20)17-30-12-14-35-15-13-30/h2-7,9-10,16,18,24,31,34H,12-15,17H2,1H3,(H,28,32)(H,29,33)/t18-,24+/m1/s1. The van der Waals surface area contributed by atoms with Crippen molar-refractivity contribution in [2.75, 3.05) is 26.3 Å². The lowest BCUT2D eigenvalue weighted by atomic mass is 10.1. The lowest BCUT2D eigenvalue weighted by Crippen LogP contribution is -2.51. The quantitative estimate of drug-likeness (QED) is 0.273. The zero-order valence-corrected chi connectivity index (χ0v) is 19.3. The Morgan fingerprint density at radius 3 is 2.40 bits per heavy atom. The molecule has 1 aliphatic rings. The van der Waals surface area contributed by atoms with Gasteiger partial charge in [-0.2, -0.15) is 4.39 Å². The first kappa shape index (κ1) is 26.1. The van der Waals surface area contributed by atoms with E-state index < -0.39 is 29.8 Å². The van der Waals surface area contributed by atoms with Crippen molar-refractivity contribution in [3.8, 4) is 11.8 Å². The zero-order chi connectivity index (χ0) is 25.2. The van der Waals surface area contributed by atoms with Crippen molar-refractivity contribution in [3.05, 3.63) is 76.6 Å². The number of nitrogens with zero attached hydrogens (tertiary/aromatic N) is 1. The number of halogens is 1. The fourth-order valence-corrected chi connectivity index (χ4v) is 3.46. The highest BCUT2D eigenvalue weighted by Crippen LogP contribution is 2.13. The SMILES string of the molecule is C[C@@H](O)[C@H](NC(=O)c1ccc(C#CC(F)=Cc2ccc(CN3CCOCC3)cc2)cc1)C(=O)NO. The van der Waals surface area contributed by atoms with Crippen molar-refractivity contribution in [1.82, 2.24) is 15.7 Å². The number of rotatable bonds is 7. The van der Waals surface area contributed by atoms with Crippen LogP contribution in [0, 0.1) is 11.8 Å². The molecule has 0 aliphatic carbocycles. The first-order chi connectivity index (χ1) is 16.9. The summed E-state index contributed by atoms with van der Waals surface area (Å²) in [6.45, 7) is 5.43. The second-order valence-corrected chi connectivity index (χ2v) is 8.12. The Kier molecular flexibility index (Phi) is 9.52. The van der Waals surface area contributed by atoms with E-state index in [0.29, 0.717) is 11.1 Å². The summed E-state index contributed by atoms with van der Waals surface area (Å²) in [5, 5.41) is 20.7. The summed E-state index contributed by atoms with van der Waals surface area (Å²) in [4.78, 5) is 26.2. The lowest BCUT2D eigenvalue weighted by molar-refractivity contribution is -0.133. The van der Waals surface area contributed by atoms with Gasteiger partial charge in [0.2, 0.25) is 0 Å². The number of hydrogen-bond donors (Lipinski definition) is 4. The molecule has 0 saturated carbocycles. The van der Waals surface area contributed by atoms with E-state index in [9.17, 15) is 19.1 Å². The molecule has 1 fully saturated rings. The van der Waals surface area contributed by atoms with Crippen LogP contribution < -0.4 is 10.8 Å². The van der Waals surface area contributed by atoms with Gasteiger partial charge in [-0.1, -0.05) is 30.2 Å². The number of ether oxygens (including phenoxy) is 1. The van der Waals surface area contributed by atoms with Crippen LogP contribution in [0.5, 0.6) is 0 Å². The van der Waals surface area contributed by atoms with E-state index in [1.807, 2.05) is 24.3 Å². The molecule has 2 atom stereocenters. The molecule has 2 aromatic rings. The van der Waals surface area contributed by atoms with Crippen LogP contribution in [0.1, 0.15) is 34.0 Å². The van der Waals surface area contributed by atoms with Crippen LogP contribution in [-0.2, 0) is 16.1 Å². The van der Waals surface area contributed by atoms with E-state index in [1.54, 1.807) is 12.1 Å². The van der Waals surface area contributed by atoms with Gasteiger partial charge in [-0.15, -0.1) is 0 Å². The molecule has 1 saturated heterocycles. The number of allylic oxidation sites excluding steroid dienone is 1. The fourth-order valence-electron chi connectivity index (χ4n) is 3.46. The van der Waals surface area contributed by atoms with Crippen LogP contribution in [0.2, 0.25) is 0 Å². The number of benzene rings is 2.